The first-order valence-corrected chi connectivity index (χ1v) is 6.30. The van der Waals surface area contributed by atoms with Crippen LogP contribution in [0.15, 0.2) is 36.5 Å². The molecule has 0 saturated carbocycles. The summed E-state index contributed by atoms with van der Waals surface area (Å²) in [6.45, 7) is 2.82. The molecule has 0 spiro atoms. The monoisotopic (exact) mass is 295 g/mol. The summed E-state index contributed by atoms with van der Waals surface area (Å²) in [5, 5.41) is 0. The van der Waals surface area contributed by atoms with Crippen molar-refractivity contribution in [2.24, 2.45) is 0 Å². The predicted molar refractivity (Wildman–Crippen MR) is 69.5 cm³/mol. The van der Waals surface area contributed by atoms with Crippen LogP contribution >= 0.6 is 0 Å². The lowest BCUT2D eigenvalue weighted by atomic mass is 10.0. The number of nitrogens with zero attached hydrogens (tertiary/aromatic N) is 1. The quantitative estimate of drug-likeness (QED) is 0.791. The number of aryl methyl sites for hydroxylation is 1. The fourth-order valence-corrected chi connectivity index (χ4v) is 2.25. The van der Waals surface area contributed by atoms with Crippen LogP contribution in [-0.4, -0.2) is 11.3 Å². The number of halogens is 3. The van der Waals surface area contributed by atoms with E-state index in [1.165, 1.54) is 12.1 Å². The molecule has 0 amide bonds. The second-order valence-electron chi connectivity index (χ2n) is 5.01. The first-order chi connectivity index (χ1) is 9.77. The van der Waals surface area contributed by atoms with E-state index in [1.807, 2.05) is 19.1 Å². The molecule has 1 aromatic heterocycles. The van der Waals surface area contributed by atoms with Crippen molar-refractivity contribution in [1.29, 1.82) is 0 Å². The maximum absolute atomic E-state index is 14.3. The average Bonchev–Trinajstić information content (AvgIpc) is 2.36. The highest BCUT2D eigenvalue weighted by atomic mass is 19.3. The Hall–Kier alpha value is -2.08. The third-order valence-electron chi connectivity index (χ3n) is 3.21. The number of hydrogen-bond donors (Lipinski definition) is 0. The lowest BCUT2D eigenvalue weighted by Crippen LogP contribution is -2.41. The number of ether oxygens (including phenoxy) is 2. The molecule has 6 heteroatoms. The molecular formula is C15H12F3NO2. The zero-order valence-electron chi connectivity index (χ0n) is 11.4. The molecular weight excluding hydrogens is 283 g/mol. The topological polar surface area (TPSA) is 31.4 Å². The van der Waals surface area contributed by atoms with Crippen LogP contribution in [0, 0.1) is 6.92 Å². The largest absolute Gasteiger partial charge is 0.538 e. The van der Waals surface area contributed by atoms with Gasteiger partial charge in [0.25, 0.3) is 0 Å². The van der Waals surface area contributed by atoms with Gasteiger partial charge in [0.05, 0.1) is 11.3 Å². The van der Waals surface area contributed by atoms with Crippen molar-refractivity contribution in [3.8, 4) is 17.0 Å². The molecule has 1 aliphatic rings. The average molecular weight is 295 g/mol. The summed E-state index contributed by atoms with van der Waals surface area (Å²) in [5.74, 6) is -2.88. The van der Waals surface area contributed by atoms with Crippen molar-refractivity contribution in [1.82, 2.24) is 4.98 Å². The number of alkyl halides is 3. The van der Waals surface area contributed by atoms with Crippen LogP contribution in [0.25, 0.3) is 11.3 Å². The number of benzene rings is 1. The Morgan fingerprint density at radius 2 is 1.86 bits per heavy atom. The molecule has 0 bridgehead atoms. The van der Waals surface area contributed by atoms with Gasteiger partial charge in [-0.25, -0.2) is 9.13 Å². The Kier molecular flexibility index (Phi) is 2.95. The molecule has 1 aromatic carbocycles. The number of pyridine rings is 1. The zero-order valence-corrected chi connectivity index (χ0v) is 11.4. The normalized spacial score (nSPS) is 23.3. The molecule has 0 aliphatic carbocycles. The molecule has 3 rings (SSSR count). The minimum atomic E-state index is -3.99. The minimum absolute atomic E-state index is 0.0887. The van der Waals surface area contributed by atoms with Gasteiger partial charge in [-0.15, -0.1) is 8.78 Å². The van der Waals surface area contributed by atoms with E-state index in [-0.39, 0.29) is 11.3 Å². The molecule has 21 heavy (non-hydrogen) atoms. The molecule has 0 N–H and O–H groups in total. The second kappa shape index (κ2) is 4.46. The van der Waals surface area contributed by atoms with Crippen LogP contribution in [0.5, 0.6) is 5.75 Å². The Balaban J connectivity index is 2.10. The van der Waals surface area contributed by atoms with E-state index in [0.717, 1.165) is 12.5 Å². The Labute approximate surface area is 119 Å². The number of hydrogen-bond acceptors (Lipinski definition) is 3. The number of rotatable bonds is 1. The Morgan fingerprint density at radius 3 is 2.57 bits per heavy atom. The molecule has 0 radical (unpaired) electrons. The Morgan fingerprint density at radius 1 is 1.10 bits per heavy atom. The smallest absolute Gasteiger partial charge is 0.409 e. The Bertz CT molecular complexity index is 701. The highest BCUT2D eigenvalue weighted by molar-refractivity contribution is 5.63. The van der Waals surface area contributed by atoms with Crippen LogP contribution in [0.1, 0.15) is 18.1 Å². The van der Waals surface area contributed by atoms with Crippen LogP contribution < -0.4 is 4.74 Å². The third kappa shape index (κ3) is 2.58. The van der Waals surface area contributed by atoms with E-state index < -0.39 is 12.1 Å². The fraction of sp³-hybridized carbons (Fsp3) is 0.267. The van der Waals surface area contributed by atoms with Gasteiger partial charge in [-0.05, 0) is 49.7 Å². The fourth-order valence-electron chi connectivity index (χ4n) is 2.25. The molecule has 0 saturated heterocycles. The van der Waals surface area contributed by atoms with E-state index in [9.17, 15) is 13.2 Å². The summed E-state index contributed by atoms with van der Waals surface area (Å²) >= 11 is 0. The summed E-state index contributed by atoms with van der Waals surface area (Å²) in [6, 6.07) is 7.90. The molecule has 2 heterocycles. The van der Waals surface area contributed by atoms with E-state index in [1.54, 1.807) is 12.3 Å². The van der Waals surface area contributed by atoms with Crippen molar-refractivity contribution in [3.05, 3.63) is 47.7 Å². The first-order valence-electron chi connectivity index (χ1n) is 6.30. The van der Waals surface area contributed by atoms with E-state index in [2.05, 4.69) is 14.5 Å². The molecule has 3 nitrogen and oxygen atoms in total. The van der Waals surface area contributed by atoms with Gasteiger partial charge in [-0.3, -0.25) is 4.98 Å². The van der Waals surface area contributed by atoms with Crippen molar-refractivity contribution < 1.29 is 22.6 Å². The van der Waals surface area contributed by atoms with Gasteiger partial charge >= 0.3 is 6.29 Å². The number of fused-ring (bicyclic) bond motifs is 1. The maximum atomic E-state index is 14.3. The summed E-state index contributed by atoms with van der Waals surface area (Å²) in [6.07, 6.45) is -2.36. The van der Waals surface area contributed by atoms with Crippen LogP contribution in [0.4, 0.5) is 13.2 Å². The summed E-state index contributed by atoms with van der Waals surface area (Å²) in [7, 11) is 0. The maximum Gasteiger partial charge on any atom is 0.538 e. The van der Waals surface area contributed by atoms with Crippen molar-refractivity contribution >= 4 is 0 Å². The summed E-state index contributed by atoms with van der Waals surface area (Å²) < 4.78 is 49.1. The predicted octanol–water partition coefficient (Wildman–Crippen LogP) is 4.16. The van der Waals surface area contributed by atoms with Crippen molar-refractivity contribution in [2.45, 2.75) is 26.0 Å². The molecule has 1 aliphatic heterocycles. The summed E-state index contributed by atoms with van der Waals surface area (Å²) in [4.78, 5) is 4.18. The van der Waals surface area contributed by atoms with Crippen LogP contribution in [0.2, 0.25) is 0 Å². The standard InChI is InChI=1S/C15H12F3NO2/c1-9-5-6-19-12(7-9)10-3-4-13-11(8-10)14(2,16)21-15(17,18)20-13/h3-8H,1-2H3. The van der Waals surface area contributed by atoms with Crippen molar-refractivity contribution in [2.75, 3.05) is 0 Å². The SMILES string of the molecule is Cc1ccnc(-c2ccc3c(c2)C(C)(F)OC(F)(F)O3)c1. The highest BCUT2D eigenvalue weighted by Gasteiger charge is 2.50. The molecule has 1 atom stereocenters. The van der Waals surface area contributed by atoms with Crippen LogP contribution in [0.3, 0.4) is 0 Å². The summed E-state index contributed by atoms with van der Waals surface area (Å²) in [5.41, 5.74) is 2.11. The molecule has 110 valence electrons. The first kappa shape index (κ1) is 13.9. The second-order valence-corrected chi connectivity index (χ2v) is 5.01. The lowest BCUT2D eigenvalue weighted by Gasteiger charge is -2.33. The van der Waals surface area contributed by atoms with E-state index >= 15 is 0 Å². The van der Waals surface area contributed by atoms with Gasteiger partial charge in [-0.2, -0.15) is 0 Å². The molecule has 0 fully saturated rings. The lowest BCUT2D eigenvalue weighted by molar-refractivity contribution is -0.426. The van der Waals surface area contributed by atoms with Gasteiger partial charge in [0.15, 0.2) is 0 Å². The molecule has 1 unspecified atom stereocenters. The van der Waals surface area contributed by atoms with E-state index in [4.69, 9.17) is 0 Å². The van der Waals surface area contributed by atoms with Gasteiger partial charge in [0.1, 0.15) is 5.75 Å². The van der Waals surface area contributed by atoms with Crippen LogP contribution in [-0.2, 0) is 10.6 Å². The van der Waals surface area contributed by atoms with Gasteiger partial charge < -0.3 is 4.74 Å². The molecule has 2 aromatic rings. The highest BCUT2D eigenvalue weighted by Crippen LogP contribution is 2.46. The number of aromatic nitrogens is 1. The van der Waals surface area contributed by atoms with Crippen molar-refractivity contribution in [3.63, 3.8) is 0 Å². The minimum Gasteiger partial charge on any atom is -0.409 e. The van der Waals surface area contributed by atoms with Gasteiger partial charge in [-0.1, -0.05) is 0 Å². The zero-order chi connectivity index (χ0) is 15.3. The van der Waals surface area contributed by atoms with Gasteiger partial charge in [0, 0.05) is 11.8 Å². The third-order valence-corrected chi connectivity index (χ3v) is 3.21. The van der Waals surface area contributed by atoms with E-state index in [0.29, 0.717) is 11.3 Å². The van der Waals surface area contributed by atoms with Gasteiger partial charge in [0.2, 0.25) is 5.85 Å².